The van der Waals surface area contributed by atoms with Crippen molar-refractivity contribution >= 4 is 29.3 Å². The van der Waals surface area contributed by atoms with Crippen LogP contribution in [0.2, 0.25) is 0 Å². The number of furan rings is 1. The minimum absolute atomic E-state index is 0.126. The minimum Gasteiger partial charge on any atom is -0.467 e. The van der Waals surface area contributed by atoms with Gasteiger partial charge in [-0.05, 0) is 69.0 Å². The van der Waals surface area contributed by atoms with Crippen LogP contribution in [0, 0.1) is 0 Å². The second kappa shape index (κ2) is 10.5. The van der Waals surface area contributed by atoms with E-state index in [2.05, 4.69) is 10.3 Å². The first-order valence-electron chi connectivity index (χ1n) is 10.9. The van der Waals surface area contributed by atoms with Gasteiger partial charge in [0, 0.05) is 16.9 Å². The van der Waals surface area contributed by atoms with Crippen molar-refractivity contribution in [2.45, 2.75) is 44.2 Å². The summed E-state index contributed by atoms with van der Waals surface area (Å²) in [6.07, 6.45) is 5.27. The molecule has 0 aliphatic heterocycles. The lowest BCUT2D eigenvalue weighted by molar-refractivity contribution is -0.113. The van der Waals surface area contributed by atoms with Crippen molar-refractivity contribution in [1.29, 1.82) is 0 Å². The molecule has 0 atom stereocenters. The number of fused-ring (bicyclic) bond motifs is 1. The van der Waals surface area contributed by atoms with Crippen molar-refractivity contribution < 1.29 is 18.7 Å². The Kier molecular flexibility index (Phi) is 7.29. The van der Waals surface area contributed by atoms with Gasteiger partial charge in [-0.2, -0.15) is 4.98 Å². The molecule has 0 bridgehead atoms. The molecule has 0 radical (unpaired) electrons. The van der Waals surface area contributed by atoms with Crippen LogP contribution >= 0.6 is 11.8 Å². The van der Waals surface area contributed by atoms with E-state index in [-0.39, 0.29) is 17.3 Å². The van der Waals surface area contributed by atoms with Crippen molar-refractivity contribution in [3.05, 3.63) is 75.7 Å². The third-order valence-corrected chi connectivity index (χ3v) is 6.38. The van der Waals surface area contributed by atoms with E-state index in [9.17, 15) is 14.4 Å². The number of nitrogens with one attached hydrogen (secondary N) is 1. The van der Waals surface area contributed by atoms with Crippen LogP contribution in [0.3, 0.4) is 0 Å². The molecule has 0 unspecified atom stereocenters. The molecule has 4 rings (SSSR count). The fourth-order valence-corrected chi connectivity index (χ4v) is 4.70. The van der Waals surface area contributed by atoms with Gasteiger partial charge in [-0.15, -0.1) is 0 Å². The van der Waals surface area contributed by atoms with Gasteiger partial charge >= 0.3 is 11.7 Å². The van der Waals surface area contributed by atoms with E-state index < -0.39 is 5.97 Å². The number of benzene rings is 1. The summed E-state index contributed by atoms with van der Waals surface area (Å²) in [6.45, 7) is 2.41. The van der Waals surface area contributed by atoms with Gasteiger partial charge in [0.1, 0.15) is 10.8 Å². The summed E-state index contributed by atoms with van der Waals surface area (Å²) >= 11 is 1.27. The maximum absolute atomic E-state index is 12.8. The average Bonchev–Trinajstić information content (AvgIpc) is 3.34. The van der Waals surface area contributed by atoms with E-state index in [4.69, 9.17) is 9.15 Å². The molecule has 1 amide bonds. The van der Waals surface area contributed by atoms with Crippen LogP contribution in [0.5, 0.6) is 0 Å². The van der Waals surface area contributed by atoms with Crippen LogP contribution in [0.25, 0.3) is 0 Å². The lowest BCUT2D eigenvalue weighted by Crippen LogP contribution is -2.30. The SMILES string of the molecule is CCOC(=O)c1ccc(NC(=O)CSc2nc(=O)n(Cc3ccco3)c3c2CCCC3)cc1. The van der Waals surface area contributed by atoms with Crippen LogP contribution in [-0.4, -0.2) is 33.8 Å². The zero-order chi connectivity index (χ0) is 23.2. The topological polar surface area (TPSA) is 103 Å². The van der Waals surface area contributed by atoms with Crippen LogP contribution in [0.15, 0.2) is 56.9 Å². The maximum Gasteiger partial charge on any atom is 0.349 e. The van der Waals surface area contributed by atoms with E-state index in [1.54, 1.807) is 48.1 Å². The maximum atomic E-state index is 12.8. The van der Waals surface area contributed by atoms with Gasteiger partial charge in [0.2, 0.25) is 5.91 Å². The van der Waals surface area contributed by atoms with Gasteiger partial charge in [-0.1, -0.05) is 11.8 Å². The highest BCUT2D eigenvalue weighted by atomic mass is 32.2. The minimum atomic E-state index is -0.399. The summed E-state index contributed by atoms with van der Waals surface area (Å²) in [4.78, 5) is 41.3. The number of anilines is 1. The molecule has 1 aromatic carbocycles. The number of carbonyl (C=O) groups excluding carboxylic acids is 2. The molecule has 2 aromatic heterocycles. The summed E-state index contributed by atoms with van der Waals surface area (Å²) in [5, 5.41) is 3.43. The van der Waals surface area contributed by atoms with Crippen molar-refractivity contribution in [3.8, 4) is 0 Å². The summed E-state index contributed by atoms with van der Waals surface area (Å²) in [6, 6.07) is 10.2. The van der Waals surface area contributed by atoms with Crippen molar-refractivity contribution in [2.24, 2.45) is 0 Å². The number of rotatable bonds is 8. The summed E-state index contributed by atoms with van der Waals surface area (Å²) in [5.74, 6) is 0.222. The van der Waals surface area contributed by atoms with E-state index in [1.807, 2.05) is 6.07 Å². The Hall–Kier alpha value is -3.33. The van der Waals surface area contributed by atoms with E-state index >= 15 is 0 Å². The molecule has 33 heavy (non-hydrogen) atoms. The van der Waals surface area contributed by atoms with Crippen LogP contribution in [0.4, 0.5) is 5.69 Å². The van der Waals surface area contributed by atoms with Crippen LogP contribution < -0.4 is 11.0 Å². The highest BCUT2D eigenvalue weighted by Crippen LogP contribution is 2.29. The number of carbonyl (C=O) groups is 2. The van der Waals surface area contributed by atoms with Crippen LogP contribution in [-0.2, 0) is 28.9 Å². The number of ether oxygens (including phenoxy) is 1. The highest BCUT2D eigenvalue weighted by Gasteiger charge is 2.21. The molecule has 0 saturated heterocycles. The summed E-state index contributed by atoms with van der Waals surface area (Å²) in [5.41, 5.74) is 2.70. The van der Waals surface area contributed by atoms with E-state index in [0.717, 1.165) is 36.9 Å². The third-order valence-electron chi connectivity index (χ3n) is 5.36. The predicted octanol–water partition coefficient (Wildman–Crippen LogP) is 3.67. The molecular weight excluding hydrogens is 442 g/mol. The monoisotopic (exact) mass is 467 g/mol. The summed E-state index contributed by atoms with van der Waals surface area (Å²) < 4.78 is 12.1. The lowest BCUT2D eigenvalue weighted by atomic mass is 9.97. The molecule has 172 valence electrons. The number of amides is 1. The lowest BCUT2D eigenvalue weighted by Gasteiger charge is -2.22. The number of aromatic nitrogens is 2. The Bertz CT molecular complexity index is 1190. The molecule has 0 fully saturated rings. The predicted molar refractivity (Wildman–Crippen MR) is 125 cm³/mol. The molecule has 1 aliphatic carbocycles. The van der Waals surface area contributed by atoms with Gasteiger partial charge in [0.15, 0.2) is 0 Å². The normalized spacial score (nSPS) is 12.8. The third kappa shape index (κ3) is 5.54. The van der Waals surface area contributed by atoms with Gasteiger partial charge in [-0.3, -0.25) is 9.36 Å². The first kappa shape index (κ1) is 22.8. The van der Waals surface area contributed by atoms with E-state index in [1.165, 1.54) is 11.8 Å². The first-order valence-corrected chi connectivity index (χ1v) is 11.9. The second-order valence-corrected chi connectivity index (χ2v) is 8.60. The Morgan fingerprint density at radius 3 is 2.70 bits per heavy atom. The van der Waals surface area contributed by atoms with Crippen LogP contribution in [0.1, 0.15) is 47.1 Å². The highest BCUT2D eigenvalue weighted by molar-refractivity contribution is 8.00. The number of esters is 1. The zero-order valence-electron chi connectivity index (χ0n) is 18.3. The number of hydrogen-bond donors (Lipinski definition) is 1. The number of hydrogen-bond acceptors (Lipinski definition) is 7. The Morgan fingerprint density at radius 1 is 1.18 bits per heavy atom. The first-order chi connectivity index (χ1) is 16.0. The Balaban J connectivity index is 1.43. The smallest absolute Gasteiger partial charge is 0.349 e. The van der Waals surface area contributed by atoms with Crippen molar-refractivity contribution in [3.63, 3.8) is 0 Å². The molecule has 9 heteroatoms. The molecule has 0 saturated carbocycles. The Labute approximate surface area is 195 Å². The zero-order valence-corrected chi connectivity index (χ0v) is 19.2. The van der Waals surface area contributed by atoms with Gasteiger partial charge in [0.05, 0.1) is 30.7 Å². The standard InChI is InChI=1S/C24H25N3O5S/c1-2-31-23(29)16-9-11-17(12-10-16)25-21(28)15-33-22-19-7-3-4-8-20(19)27(24(30)26-22)14-18-6-5-13-32-18/h5-6,9-13H,2-4,7-8,14-15H2,1H3,(H,25,28). The van der Waals surface area contributed by atoms with Crippen molar-refractivity contribution in [2.75, 3.05) is 17.7 Å². The molecule has 2 heterocycles. The van der Waals surface area contributed by atoms with Gasteiger partial charge in [-0.25, -0.2) is 9.59 Å². The molecule has 0 spiro atoms. The fourth-order valence-electron chi connectivity index (χ4n) is 3.82. The Morgan fingerprint density at radius 2 is 1.97 bits per heavy atom. The molecular formula is C24H25N3O5S. The molecule has 1 aliphatic rings. The second-order valence-electron chi connectivity index (χ2n) is 7.63. The summed E-state index contributed by atoms with van der Waals surface area (Å²) in [7, 11) is 0. The van der Waals surface area contributed by atoms with Crippen molar-refractivity contribution in [1.82, 2.24) is 9.55 Å². The molecule has 8 nitrogen and oxygen atoms in total. The number of thioether (sulfide) groups is 1. The van der Waals surface area contributed by atoms with E-state index in [0.29, 0.717) is 35.2 Å². The molecule has 1 N–H and O–H groups in total. The van der Waals surface area contributed by atoms with Gasteiger partial charge < -0.3 is 14.5 Å². The quantitative estimate of drug-likeness (QED) is 0.306. The number of nitrogens with zero attached hydrogens (tertiary/aromatic N) is 2. The van der Waals surface area contributed by atoms with Gasteiger partial charge in [0.25, 0.3) is 0 Å². The average molecular weight is 468 g/mol. The fraction of sp³-hybridized carbons (Fsp3) is 0.333. The molecule has 3 aromatic rings. The largest absolute Gasteiger partial charge is 0.467 e.